The van der Waals surface area contributed by atoms with Gasteiger partial charge in [-0.3, -0.25) is 33.7 Å². The summed E-state index contributed by atoms with van der Waals surface area (Å²) in [6.07, 6.45) is 14.2. The van der Waals surface area contributed by atoms with Gasteiger partial charge < -0.3 is 110 Å². The molecule has 2 bridgehead atoms. The van der Waals surface area contributed by atoms with Gasteiger partial charge in [-0.2, -0.15) is 10.1 Å². The number of hydrogen-bond donors (Lipinski definition) is 9. The number of aromatic nitrogens is 7. The van der Waals surface area contributed by atoms with Gasteiger partial charge in [0.05, 0.1) is 94.1 Å². The molecule has 12 N–H and O–H groups in total. The zero-order chi connectivity index (χ0) is 95.2. The van der Waals surface area contributed by atoms with Crippen molar-refractivity contribution >= 4 is 86.9 Å². The van der Waals surface area contributed by atoms with Gasteiger partial charge in [-0.25, -0.2) is 29.4 Å². The van der Waals surface area contributed by atoms with E-state index >= 15 is 0 Å². The molecule has 1 aliphatic carbocycles. The number of nitrogens with one attached hydrogen (secondary N) is 2. The van der Waals surface area contributed by atoms with Crippen LogP contribution < -0.4 is 32.7 Å². The number of esters is 1. The third-order valence-corrected chi connectivity index (χ3v) is 26.3. The van der Waals surface area contributed by atoms with Crippen LogP contribution >= 0.6 is 0 Å². The molecule has 0 radical (unpaired) electrons. The van der Waals surface area contributed by atoms with Crippen molar-refractivity contribution in [2.75, 3.05) is 137 Å². The number of oxime groups is 1. The van der Waals surface area contributed by atoms with Crippen molar-refractivity contribution in [3.8, 4) is 11.3 Å². The molecule has 4 aromatic heterocycles. The molecule has 4 fully saturated rings. The molecule has 16 atom stereocenters. The zero-order valence-electron chi connectivity index (χ0n) is 78.1. The van der Waals surface area contributed by atoms with Gasteiger partial charge in [0.15, 0.2) is 17.8 Å². The number of nitrogen functional groups attached to an aromatic ring is 2. The average molecular weight is 1850 g/mol. The zero-order valence-corrected chi connectivity index (χ0v) is 78.1. The Labute approximate surface area is 775 Å². The van der Waals surface area contributed by atoms with Crippen LogP contribution in [-0.4, -0.2) is 309 Å². The molecular weight excluding hydrogens is 1710 g/mol. The number of amides is 5. The molecule has 38 heteroatoms. The predicted molar refractivity (Wildman–Crippen MR) is 495 cm³/mol. The molecule has 6 aliphatic rings. The molecule has 133 heavy (non-hydrogen) atoms. The number of aliphatic hydroxyl groups is 4. The number of aliphatic hydroxyl groups excluding tert-OH is 3. The first kappa shape index (κ1) is 101. The molecule has 0 spiro atoms. The Morgan fingerprint density at radius 3 is 2.29 bits per heavy atom. The summed E-state index contributed by atoms with van der Waals surface area (Å²) in [4.78, 5) is 133. The standard InChI is InChI=1S/C95H134N18O20/c1-57-16-12-11-13-17-58(2)76(125-8)46-69-24-19-62(6)95(124,133-69)88(121)91(122)112-30-15-14-18-72(112)92(123)131-77(70(96)43-63-21-25-73(114)78(44-63)126-9)47-74(115)59(3)41-61(5)86(120)87(127-10)84(60(4)40-57)107-130-55-80(117)100-48-65-49-101-94(102-50-65)110-34-32-109(33-35-110)82(119)54-108(7)53-79(116)99-29-37-129-39-38-128-36-28-81(118)111-31-27-66-42-64(20-22-68(66)52-111)51-113-90-83(89(97)103-56-104-90)85(106-113)67-23-26-75-71(45-67)105-93(98)132-75/h11-13,16-17,20,22-23,26,41-42,45,49-50,56-57,59-60,62-63,69-70,72-74,76-78,86-87,114-115,120,124H,14-15,18-19,21,24-25,27-40,43-44,46-48,51-55,96H2,1-10H3,(H2,98,105)(H,99,116)(H,100,117)(H2,97,103,104)/b13-11?,16-12+,58-17?,61-41+,107-84+/t57-,59-,60-,62-,63+,69+,70-,72+,73-,74-,76+,77+,78-,86-,87+,95-/m1/s1. The van der Waals surface area contributed by atoms with E-state index in [0.717, 1.165) is 32.7 Å². The van der Waals surface area contributed by atoms with E-state index in [9.17, 15) is 54.0 Å². The van der Waals surface area contributed by atoms with Crippen molar-refractivity contribution in [2.24, 2.45) is 40.5 Å². The number of nitrogens with zero attached hydrogens (tertiary/aromatic N) is 13. The number of rotatable bonds is 28. The lowest BCUT2D eigenvalue weighted by molar-refractivity contribution is -0.265. The number of cyclic esters (lactones) is 1. The smallest absolute Gasteiger partial charge is 0.329 e. The largest absolute Gasteiger partial charge is 0.459 e. The van der Waals surface area contributed by atoms with Crippen molar-refractivity contribution in [1.29, 1.82) is 0 Å². The highest BCUT2D eigenvalue weighted by Gasteiger charge is 2.53. The Kier molecular flexibility index (Phi) is 36.6. The topological polar surface area (TPSA) is 500 Å². The van der Waals surface area contributed by atoms with E-state index in [1.54, 1.807) is 69.3 Å². The number of carbonyl (C=O) groups is 7. The fourth-order valence-corrected chi connectivity index (χ4v) is 18.5. The summed E-state index contributed by atoms with van der Waals surface area (Å²) in [6, 6.07) is 9.75. The van der Waals surface area contributed by atoms with Crippen LogP contribution in [0.2, 0.25) is 0 Å². The molecule has 0 unspecified atom stereocenters. The van der Waals surface area contributed by atoms with Gasteiger partial charge in [0.1, 0.15) is 47.7 Å². The minimum atomic E-state index is -2.49. The van der Waals surface area contributed by atoms with E-state index in [1.165, 1.54) is 20.5 Å². The van der Waals surface area contributed by atoms with Crippen LogP contribution in [0.3, 0.4) is 0 Å². The van der Waals surface area contributed by atoms with Crippen LogP contribution in [0.1, 0.15) is 147 Å². The van der Waals surface area contributed by atoms with E-state index < -0.39 is 115 Å². The van der Waals surface area contributed by atoms with E-state index in [-0.39, 0.29) is 120 Å². The maximum absolute atomic E-state index is 14.7. The molecule has 2 aromatic carbocycles. The number of Topliss-reactive ketones (excluding diaryl/α,β-unsaturated/α-hetero) is 1. The van der Waals surface area contributed by atoms with Crippen molar-refractivity contribution in [2.45, 2.75) is 218 Å². The first-order chi connectivity index (χ1) is 63.9. The number of ether oxygens (including phenoxy) is 7. The summed E-state index contributed by atoms with van der Waals surface area (Å²) in [5.74, 6) is -7.70. The normalized spacial score (nSPS) is 27.2. The minimum Gasteiger partial charge on any atom is -0.459 e. The van der Waals surface area contributed by atoms with E-state index in [2.05, 4.69) is 52.8 Å². The summed E-state index contributed by atoms with van der Waals surface area (Å²) in [5, 5.41) is 63.1. The van der Waals surface area contributed by atoms with Crippen molar-refractivity contribution in [3.05, 3.63) is 125 Å². The van der Waals surface area contributed by atoms with Gasteiger partial charge in [0, 0.05) is 140 Å². The summed E-state index contributed by atoms with van der Waals surface area (Å²) in [6.45, 7) is 15.1. The molecule has 38 nitrogen and oxygen atoms in total. The molecule has 6 aromatic rings. The second-order valence-electron chi connectivity index (χ2n) is 36.3. The quantitative estimate of drug-likeness (QED) is 0.00970. The number of allylic oxidation sites excluding steroid dienone is 5. The number of carbonyl (C=O) groups excluding carboxylic acids is 7. The van der Waals surface area contributed by atoms with Gasteiger partial charge in [0.2, 0.25) is 29.5 Å². The highest BCUT2D eigenvalue weighted by atomic mass is 16.6. The summed E-state index contributed by atoms with van der Waals surface area (Å²) >= 11 is 0. The van der Waals surface area contributed by atoms with Gasteiger partial charge in [0.25, 0.3) is 23.6 Å². The second kappa shape index (κ2) is 48.0. The molecule has 1 saturated carbocycles. The Morgan fingerprint density at radius 2 is 1.53 bits per heavy atom. The Morgan fingerprint density at radius 1 is 0.752 bits per heavy atom. The number of piperazine rings is 1. The van der Waals surface area contributed by atoms with Gasteiger partial charge in [-0.05, 0) is 149 Å². The molecule has 5 amide bonds. The minimum absolute atomic E-state index is 0.000615. The van der Waals surface area contributed by atoms with Crippen molar-refractivity contribution in [1.82, 2.24) is 64.9 Å². The first-order valence-corrected chi connectivity index (χ1v) is 46.4. The highest BCUT2D eigenvalue weighted by Crippen LogP contribution is 2.39. The molecule has 3 saturated heterocycles. The predicted octanol–water partition coefficient (Wildman–Crippen LogP) is 5.44. The number of ketones is 1. The van der Waals surface area contributed by atoms with Crippen LogP contribution in [0.15, 0.2) is 112 Å². The molecule has 9 heterocycles. The van der Waals surface area contributed by atoms with E-state index in [4.69, 9.17) is 64.7 Å². The van der Waals surface area contributed by atoms with Crippen LogP contribution in [0.4, 0.5) is 17.8 Å². The van der Waals surface area contributed by atoms with Gasteiger partial charge >= 0.3 is 5.97 Å². The molecule has 724 valence electrons. The number of benzene rings is 2. The lowest BCUT2D eigenvalue weighted by atomic mass is 9.80. The molecule has 12 rings (SSSR count). The van der Waals surface area contributed by atoms with Gasteiger partial charge in [-0.15, -0.1) is 0 Å². The van der Waals surface area contributed by atoms with Crippen LogP contribution in [-0.2, 0) is 97.6 Å². The van der Waals surface area contributed by atoms with Crippen molar-refractivity contribution in [3.63, 3.8) is 0 Å². The van der Waals surface area contributed by atoms with Crippen LogP contribution in [0.5, 0.6) is 0 Å². The third-order valence-electron chi connectivity index (χ3n) is 26.3. The number of anilines is 3. The fourth-order valence-electron chi connectivity index (χ4n) is 18.5. The van der Waals surface area contributed by atoms with E-state index in [1.807, 2.05) is 83.8 Å². The SMILES string of the molecule is CO[C@H]1C[C@@H]2CC[C@@H](C)[C@@](O)(O2)C(=O)C(=O)N2CCCC[C@H]2C(=O)O[C@H]([C@H](N)C[C@@H]2CC[C@@H](O)[C@H](OC)C2)C[C@@H](O)[C@H](C)/C=C(\C)[C@@H](O)[C@@H](OC)/C(=N/OCC(=O)NCc2cnc(N3CCN(C(=O)CN(C)CC(=O)NCCOCCOCCC(=O)N4CCc5cc(Cn6nc(-c7ccc8oc(N)nc8c7)c7c(N)ncnc76)ccc5C4)CC3)nc2)[C@H](C)C[C@H](C)/C=C/C=CC=C1C. The average Bonchev–Trinajstić information content (AvgIpc) is 1.16. The maximum Gasteiger partial charge on any atom is 0.329 e. The highest BCUT2D eigenvalue weighted by molar-refractivity contribution is 6.39. The number of fused-ring (bicyclic) bond motifs is 6. The summed E-state index contributed by atoms with van der Waals surface area (Å²) in [5.41, 5.74) is 27.8. The fraction of sp³-hybridized carbons (Fsp3) is 0.600. The Balaban J connectivity index is 0.573. The second-order valence-corrected chi connectivity index (χ2v) is 36.3. The van der Waals surface area contributed by atoms with Crippen LogP contribution in [0, 0.1) is 29.6 Å². The summed E-state index contributed by atoms with van der Waals surface area (Å²) in [7, 11) is 6.24. The van der Waals surface area contributed by atoms with Gasteiger partial charge in [-0.1, -0.05) is 87.5 Å². The number of methoxy groups -OCH3 is 3. The monoisotopic (exact) mass is 1850 g/mol. The lowest BCUT2D eigenvalue weighted by Gasteiger charge is -2.42. The Hall–Kier alpha value is -10.6. The van der Waals surface area contributed by atoms with E-state index in [0.29, 0.717) is 166 Å². The number of piperidine rings is 1. The number of oxazole rings is 1. The lowest BCUT2D eigenvalue weighted by Crippen LogP contribution is -2.61. The van der Waals surface area contributed by atoms with Crippen LogP contribution in [0.25, 0.3) is 33.4 Å². The molecular formula is C95H134N18O20. The third kappa shape index (κ3) is 26.9. The number of nitrogens with two attached hydrogens (primary N) is 3. The Bertz CT molecular complexity index is 5110. The van der Waals surface area contributed by atoms with Crippen molar-refractivity contribution < 1.29 is 96.4 Å². The molecule has 5 aliphatic heterocycles. The maximum atomic E-state index is 14.7. The first-order valence-electron chi connectivity index (χ1n) is 46.4. The number of likely N-dealkylation sites (N-methyl/N-ethyl adjacent to an activating group) is 1. The number of hydrogen-bond acceptors (Lipinski definition) is 32. The summed E-state index contributed by atoms with van der Waals surface area (Å²) < 4.78 is 48.9.